The van der Waals surface area contributed by atoms with E-state index in [1.807, 2.05) is 59.6 Å². The number of carbonyl (C=O) groups excluding carboxylic acids is 2. The zero-order valence-electron chi connectivity index (χ0n) is 22.1. The highest BCUT2D eigenvalue weighted by atomic mass is 16.5. The number of rotatable bonds is 12. The van der Waals surface area contributed by atoms with E-state index in [4.69, 9.17) is 4.74 Å². The van der Waals surface area contributed by atoms with Gasteiger partial charge in [0.15, 0.2) is 0 Å². The van der Waals surface area contributed by atoms with Crippen molar-refractivity contribution in [3.63, 3.8) is 0 Å². The number of urea groups is 1. The first kappa shape index (κ1) is 27.4. The van der Waals surface area contributed by atoms with Gasteiger partial charge in [0.25, 0.3) is 0 Å². The Morgan fingerprint density at radius 3 is 2.56 bits per heavy atom. The molecule has 1 aromatic heterocycles. The highest BCUT2D eigenvalue weighted by Crippen LogP contribution is 2.19. The van der Waals surface area contributed by atoms with E-state index >= 15 is 0 Å². The van der Waals surface area contributed by atoms with Gasteiger partial charge in [0.2, 0.25) is 5.91 Å². The molecule has 39 heavy (non-hydrogen) atoms. The standard InChI is InChI=1S/C31H33N5O3/c1-39-18-8-16-36(31(38)34-27-12-7-11-25(19-27)20-32)23-30(37)35(22-24-9-3-2-4-10-24)17-15-26-21-33-29-14-6-5-13-28(26)29/h2-7,9-14,19,21,33H,8,15-18,22-23H2,1H3,(H,34,38). The molecule has 8 heteroatoms. The summed E-state index contributed by atoms with van der Waals surface area (Å²) in [7, 11) is 1.61. The Hall–Kier alpha value is -4.61. The van der Waals surface area contributed by atoms with E-state index < -0.39 is 6.03 Å². The van der Waals surface area contributed by atoms with Gasteiger partial charge in [-0.2, -0.15) is 5.26 Å². The molecule has 0 aliphatic rings. The Balaban J connectivity index is 1.50. The Morgan fingerprint density at radius 1 is 0.974 bits per heavy atom. The number of nitriles is 1. The molecule has 8 nitrogen and oxygen atoms in total. The van der Waals surface area contributed by atoms with Crippen LogP contribution in [0.3, 0.4) is 0 Å². The van der Waals surface area contributed by atoms with Gasteiger partial charge in [-0.25, -0.2) is 4.79 Å². The van der Waals surface area contributed by atoms with E-state index in [-0.39, 0.29) is 12.5 Å². The molecule has 3 aromatic carbocycles. The topological polar surface area (TPSA) is 101 Å². The van der Waals surface area contributed by atoms with Crippen LogP contribution in [0.15, 0.2) is 85.1 Å². The van der Waals surface area contributed by atoms with Crippen molar-refractivity contribution in [1.29, 1.82) is 5.26 Å². The van der Waals surface area contributed by atoms with Gasteiger partial charge in [-0.3, -0.25) is 4.79 Å². The van der Waals surface area contributed by atoms with Crippen molar-refractivity contribution in [2.24, 2.45) is 0 Å². The summed E-state index contributed by atoms with van der Waals surface area (Å²) in [5.41, 5.74) is 4.18. The molecule has 0 aliphatic carbocycles. The monoisotopic (exact) mass is 523 g/mol. The van der Waals surface area contributed by atoms with Crippen molar-refractivity contribution in [1.82, 2.24) is 14.8 Å². The van der Waals surface area contributed by atoms with Crippen molar-refractivity contribution in [3.8, 4) is 6.07 Å². The van der Waals surface area contributed by atoms with Crippen LogP contribution >= 0.6 is 0 Å². The van der Waals surface area contributed by atoms with Gasteiger partial charge in [0.1, 0.15) is 6.54 Å². The van der Waals surface area contributed by atoms with E-state index in [0.29, 0.717) is 50.3 Å². The molecule has 0 saturated carbocycles. The number of benzene rings is 3. The zero-order chi connectivity index (χ0) is 27.5. The number of nitrogens with zero attached hydrogens (tertiary/aromatic N) is 3. The molecule has 3 amide bonds. The minimum Gasteiger partial charge on any atom is -0.385 e. The predicted molar refractivity (Wildman–Crippen MR) is 152 cm³/mol. The smallest absolute Gasteiger partial charge is 0.322 e. The summed E-state index contributed by atoms with van der Waals surface area (Å²) in [5.74, 6) is -0.142. The van der Waals surface area contributed by atoms with Crippen LogP contribution in [0.4, 0.5) is 10.5 Å². The number of H-pyrrole nitrogens is 1. The molecular formula is C31H33N5O3. The highest BCUT2D eigenvalue weighted by Gasteiger charge is 2.22. The fourth-order valence-electron chi connectivity index (χ4n) is 4.47. The number of methoxy groups -OCH3 is 1. The molecule has 4 rings (SSSR count). The van der Waals surface area contributed by atoms with E-state index in [1.54, 1.807) is 31.4 Å². The summed E-state index contributed by atoms with van der Waals surface area (Å²) in [6, 6.07) is 26.4. The third-order valence-electron chi connectivity index (χ3n) is 6.53. The quantitative estimate of drug-likeness (QED) is 0.250. The predicted octanol–water partition coefficient (Wildman–Crippen LogP) is 5.18. The first-order chi connectivity index (χ1) is 19.1. The summed E-state index contributed by atoms with van der Waals surface area (Å²) in [4.78, 5) is 33.5. The number of fused-ring (bicyclic) bond motifs is 1. The van der Waals surface area contributed by atoms with Crippen LogP contribution in [-0.2, 0) is 22.5 Å². The largest absolute Gasteiger partial charge is 0.385 e. The molecule has 0 fully saturated rings. The Morgan fingerprint density at radius 2 is 1.77 bits per heavy atom. The first-order valence-electron chi connectivity index (χ1n) is 13.0. The van der Waals surface area contributed by atoms with Gasteiger partial charge in [0, 0.05) is 56.1 Å². The lowest BCUT2D eigenvalue weighted by atomic mass is 10.1. The van der Waals surface area contributed by atoms with Crippen LogP contribution in [0, 0.1) is 11.3 Å². The summed E-state index contributed by atoms with van der Waals surface area (Å²) in [6.45, 7) is 1.70. The Kier molecular flexibility index (Phi) is 9.70. The average Bonchev–Trinajstić information content (AvgIpc) is 3.38. The third kappa shape index (κ3) is 7.69. The lowest BCUT2D eigenvalue weighted by Gasteiger charge is -2.28. The maximum atomic E-state index is 13.7. The summed E-state index contributed by atoms with van der Waals surface area (Å²) < 4.78 is 5.17. The van der Waals surface area contributed by atoms with E-state index in [1.165, 1.54) is 4.90 Å². The molecular weight excluding hydrogens is 490 g/mol. The summed E-state index contributed by atoms with van der Waals surface area (Å²) >= 11 is 0. The van der Waals surface area contributed by atoms with Gasteiger partial charge in [-0.15, -0.1) is 0 Å². The molecule has 0 bridgehead atoms. The van der Waals surface area contributed by atoms with E-state index in [2.05, 4.69) is 22.4 Å². The van der Waals surface area contributed by atoms with E-state index in [0.717, 1.165) is 22.0 Å². The van der Waals surface area contributed by atoms with Crippen LogP contribution < -0.4 is 5.32 Å². The molecule has 0 atom stereocenters. The summed E-state index contributed by atoms with van der Waals surface area (Å²) in [5, 5.41) is 13.2. The number of aromatic amines is 1. The maximum absolute atomic E-state index is 13.7. The summed E-state index contributed by atoms with van der Waals surface area (Å²) in [6.07, 6.45) is 3.26. The van der Waals surface area contributed by atoms with Gasteiger partial charge in [0.05, 0.1) is 11.6 Å². The third-order valence-corrected chi connectivity index (χ3v) is 6.53. The van der Waals surface area contributed by atoms with Crippen molar-refractivity contribution < 1.29 is 14.3 Å². The van der Waals surface area contributed by atoms with Gasteiger partial charge in [-0.1, -0.05) is 54.6 Å². The van der Waals surface area contributed by atoms with Crippen molar-refractivity contribution >= 4 is 28.5 Å². The van der Waals surface area contributed by atoms with Gasteiger partial charge < -0.3 is 24.8 Å². The number of para-hydroxylation sites is 1. The van der Waals surface area contributed by atoms with E-state index in [9.17, 15) is 14.9 Å². The normalized spacial score (nSPS) is 10.7. The lowest BCUT2D eigenvalue weighted by molar-refractivity contribution is -0.132. The molecule has 0 saturated heterocycles. The van der Waals surface area contributed by atoms with Crippen LogP contribution in [-0.4, -0.2) is 60.1 Å². The molecule has 0 aliphatic heterocycles. The molecule has 1 heterocycles. The fraction of sp³-hybridized carbons (Fsp3) is 0.258. The van der Waals surface area contributed by atoms with Crippen molar-refractivity contribution in [3.05, 3.63) is 102 Å². The number of hydrogen-bond acceptors (Lipinski definition) is 4. The van der Waals surface area contributed by atoms with Crippen LogP contribution in [0.1, 0.15) is 23.1 Å². The molecule has 0 radical (unpaired) electrons. The van der Waals surface area contributed by atoms with Crippen molar-refractivity contribution in [2.45, 2.75) is 19.4 Å². The second-order valence-electron chi connectivity index (χ2n) is 9.30. The second-order valence-corrected chi connectivity index (χ2v) is 9.30. The zero-order valence-corrected chi connectivity index (χ0v) is 22.1. The fourth-order valence-corrected chi connectivity index (χ4v) is 4.47. The Labute approximate surface area is 228 Å². The number of ether oxygens (including phenoxy) is 1. The number of carbonyl (C=O) groups is 2. The van der Waals surface area contributed by atoms with Crippen LogP contribution in [0.25, 0.3) is 10.9 Å². The first-order valence-corrected chi connectivity index (χ1v) is 13.0. The molecule has 0 spiro atoms. The number of aromatic nitrogens is 1. The molecule has 2 N–H and O–H groups in total. The average molecular weight is 524 g/mol. The van der Waals surface area contributed by atoms with Crippen LogP contribution in [0.2, 0.25) is 0 Å². The minimum atomic E-state index is -0.397. The Bertz CT molecular complexity index is 1430. The number of amides is 3. The SMILES string of the molecule is COCCCN(CC(=O)N(CCc1c[nH]c2ccccc12)Cc1ccccc1)C(=O)Nc1cccc(C#N)c1. The van der Waals surface area contributed by atoms with Crippen LogP contribution in [0.5, 0.6) is 0 Å². The highest BCUT2D eigenvalue weighted by molar-refractivity contribution is 5.92. The molecule has 4 aromatic rings. The number of hydrogen-bond donors (Lipinski definition) is 2. The maximum Gasteiger partial charge on any atom is 0.322 e. The molecule has 200 valence electrons. The van der Waals surface area contributed by atoms with Gasteiger partial charge >= 0.3 is 6.03 Å². The van der Waals surface area contributed by atoms with Gasteiger partial charge in [-0.05, 0) is 48.2 Å². The lowest BCUT2D eigenvalue weighted by Crippen LogP contribution is -2.45. The number of anilines is 1. The number of nitrogens with one attached hydrogen (secondary N) is 2. The molecule has 0 unspecified atom stereocenters. The minimum absolute atomic E-state index is 0.0752. The van der Waals surface area contributed by atoms with Crippen molar-refractivity contribution in [2.75, 3.05) is 38.7 Å². The second kappa shape index (κ2) is 13.8.